The summed E-state index contributed by atoms with van der Waals surface area (Å²) in [5.74, 6) is -3.62. The van der Waals surface area contributed by atoms with Gasteiger partial charge in [-0.1, -0.05) is 35.3 Å². The number of nitrogens with zero attached hydrogens (tertiary/aromatic N) is 4. The predicted molar refractivity (Wildman–Crippen MR) is 134 cm³/mol. The minimum atomic E-state index is -1.33. The molecule has 0 aliphatic carbocycles. The molecular formula is C25H14Cl2F3N7. The standard InChI is InChI=1S/C25H14Cl2F3N7/c26-14-3-1-12(2-4-14)24(22-11-33-37-36-22)34-15-5-16-23(13(9-31)10-32-25(16)17(27)6-15)35-21-8-19(29)18(28)7-20(21)30/h1-8,10-11,24,34H,(H,32,35)(H,33,36,37). The topological polar surface area (TPSA) is 102 Å². The van der Waals surface area contributed by atoms with Crippen LogP contribution in [0, 0.1) is 28.8 Å². The molecule has 2 aromatic heterocycles. The van der Waals surface area contributed by atoms with Gasteiger partial charge in [0.15, 0.2) is 11.6 Å². The van der Waals surface area contributed by atoms with E-state index in [1.54, 1.807) is 30.5 Å². The van der Waals surface area contributed by atoms with E-state index in [1.165, 1.54) is 6.20 Å². The number of hydrogen-bond acceptors (Lipinski definition) is 6. The third-order valence-electron chi connectivity index (χ3n) is 5.56. The van der Waals surface area contributed by atoms with Gasteiger partial charge in [0.05, 0.1) is 39.7 Å². The summed E-state index contributed by atoms with van der Waals surface area (Å²) in [6, 6.07) is 13.0. The van der Waals surface area contributed by atoms with Crippen LogP contribution in [0.3, 0.4) is 0 Å². The zero-order valence-corrected chi connectivity index (χ0v) is 20.0. The quantitative estimate of drug-likeness (QED) is 0.203. The molecule has 1 atom stereocenters. The predicted octanol–water partition coefficient (Wildman–Crippen LogP) is 6.89. The first-order chi connectivity index (χ1) is 17.8. The Morgan fingerprint density at radius 1 is 0.946 bits per heavy atom. The monoisotopic (exact) mass is 539 g/mol. The Morgan fingerprint density at radius 3 is 2.41 bits per heavy atom. The number of nitriles is 1. The number of anilines is 3. The van der Waals surface area contributed by atoms with Crippen molar-refractivity contribution in [3.63, 3.8) is 0 Å². The summed E-state index contributed by atoms with van der Waals surface area (Å²) in [4.78, 5) is 4.25. The largest absolute Gasteiger partial charge is 0.373 e. The maximum Gasteiger partial charge on any atom is 0.161 e. The molecule has 12 heteroatoms. The van der Waals surface area contributed by atoms with Gasteiger partial charge in [-0.2, -0.15) is 20.7 Å². The molecule has 184 valence electrons. The van der Waals surface area contributed by atoms with Crippen LogP contribution in [0.4, 0.5) is 30.2 Å². The summed E-state index contributed by atoms with van der Waals surface area (Å²) in [7, 11) is 0. The second-order valence-corrected chi connectivity index (χ2v) is 8.75. The summed E-state index contributed by atoms with van der Waals surface area (Å²) < 4.78 is 41.7. The van der Waals surface area contributed by atoms with Crippen LogP contribution in [0.5, 0.6) is 0 Å². The second kappa shape index (κ2) is 9.97. The highest BCUT2D eigenvalue weighted by atomic mass is 35.5. The van der Waals surface area contributed by atoms with Crippen molar-refractivity contribution in [1.29, 1.82) is 5.26 Å². The Bertz CT molecular complexity index is 1650. The van der Waals surface area contributed by atoms with Crippen LogP contribution in [0.15, 0.2) is 60.9 Å². The smallest absolute Gasteiger partial charge is 0.161 e. The number of aromatic nitrogens is 4. The molecule has 37 heavy (non-hydrogen) atoms. The Kier molecular flexibility index (Phi) is 6.56. The van der Waals surface area contributed by atoms with Crippen LogP contribution in [0.1, 0.15) is 22.9 Å². The van der Waals surface area contributed by atoms with Crippen molar-refractivity contribution in [3.8, 4) is 6.07 Å². The molecule has 3 aromatic carbocycles. The van der Waals surface area contributed by atoms with Crippen molar-refractivity contribution in [2.24, 2.45) is 0 Å². The maximum atomic E-state index is 14.4. The van der Waals surface area contributed by atoms with E-state index >= 15 is 0 Å². The minimum absolute atomic E-state index is 0.0376. The maximum absolute atomic E-state index is 14.4. The van der Waals surface area contributed by atoms with Crippen molar-refractivity contribution in [2.45, 2.75) is 6.04 Å². The van der Waals surface area contributed by atoms with Crippen molar-refractivity contribution in [1.82, 2.24) is 20.4 Å². The molecule has 0 saturated heterocycles. The molecular weight excluding hydrogens is 526 g/mol. The molecule has 7 nitrogen and oxygen atoms in total. The molecule has 0 bridgehead atoms. The number of benzene rings is 3. The SMILES string of the molecule is N#Cc1cnc2c(Cl)cc(NC(c3ccc(Cl)cc3)c3cn[nH]n3)cc2c1Nc1cc(F)c(F)cc1F. The molecule has 5 rings (SSSR count). The zero-order valence-electron chi connectivity index (χ0n) is 18.5. The van der Waals surface area contributed by atoms with E-state index in [1.807, 2.05) is 18.2 Å². The van der Waals surface area contributed by atoms with Crippen LogP contribution in [0.2, 0.25) is 10.0 Å². The molecule has 5 aromatic rings. The van der Waals surface area contributed by atoms with E-state index in [2.05, 4.69) is 31.0 Å². The zero-order chi connectivity index (χ0) is 26.1. The lowest BCUT2D eigenvalue weighted by atomic mass is 10.0. The highest BCUT2D eigenvalue weighted by Gasteiger charge is 2.20. The van der Waals surface area contributed by atoms with Crippen LogP contribution in [-0.2, 0) is 0 Å². The Morgan fingerprint density at radius 2 is 1.70 bits per heavy atom. The molecule has 0 aliphatic heterocycles. The highest BCUT2D eigenvalue weighted by Crippen LogP contribution is 2.37. The number of rotatable bonds is 6. The van der Waals surface area contributed by atoms with Crippen LogP contribution >= 0.6 is 23.2 Å². The molecule has 0 amide bonds. The fraction of sp³-hybridized carbons (Fsp3) is 0.0400. The van der Waals surface area contributed by atoms with E-state index < -0.39 is 23.5 Å². The molecule has 0 radical (unpaired) electrons. The van der Waals surface area contributed by atoms with Crippen molar-refractivity contribution in [3.05, 3.63) is 105 Å². The summed E-state index contributed by atoms with van der Waals surface area (Å²) in [5.41, 5.74) is 2.00. The number of fused-ring (bicyclic) bond motifs is 1. The van der Waals surface area contributed by atoms with Gasteiger partial charge in [0.1, 0.15) is 17.6 Å². The average Bonchev–Trinajstić information content (AvgIpc) is 3.41. The number of halogens is 5. The number of aromatic amines is 1. The van der Waals surface area contributed by atoms with Crippen LogP contribution in [-0.4, -0.2) is 20.4 Å². The van der Waals surface area contributed by atoms with Gasteiger partial charge in [-0.25, -0.2) is 13.2 Å². The molecule has 1 unspecified atom stereocenters. The molecule has 0 aliphatic rings. The van der Waals surface area contributed by atoms with Gasteiger partial charge in [0.2, 0.25) is 0 Å². The highest BCUT2D eigenvalue weighted by molar-refractivity contribution is 6.36. The fourth-order valence-electron chi connectivity index (χ4n) is 3.81. The van der Waals surface area contributed by atoms with Gasteiger partial charge in [-0.3, -0.25) is 4.98 Å². The number of pyridine rings is 1. The lowest BCUT2D eigenvalue weighted by Gasteiger charge is -2.20. The van der Waals surface area contributed by atoms with Gasteiger partial charge in [0.25, 0.3) is 0 Å². The van der Waals surface area contributed by atoms with E-state index in [9.17, 15) is 18.4 Å². The van der Waals surface area contributed by atoms with Gasteiger partial charge >= 0.3 is 0 Å². The molecule has 0 spiro atoms. The fourth-order valence-corrected chi connectivity index (χ4v) is 4.21. The van der Waals surface area contributed by atoms with Gasteiger partial charge < -0.3 is 10.6 Å². The van der Waals surface area contributed by atoms with Crippen molar-refractivity contribution >= 4 is 51.2 Å². The van der Waals surface area contributed by atoms with Gasteiger partial charge in [-0.05, 0) is 29.8 Å². The number of hydrogen-bond donors (Lipinski definition) is 3. The van der Waals surface area contributed by atoms with Gasteiger partial charge in [-0.15, -0.1) is 0 Å². The van der Waals surface area contributed by atoms with Crippen LogP contribution in [0.25, 0.3) is 10.9 Å². The molecule has 3 N–H and O–H groups in total. The van der Waals surface area contributed by atoms with E-state index in [-0.39, 0.29) is 22.0 Å². The van der Waals surface area contributed by atoms with Crippen molar-refractivity contribution in [2.75, 3.05) is 10.6 Å². The minimum Gasteiger partial charge on any atom is -0.373 e. The number of nitrogens with one attached hydrogen (secondary N) is 3. The van der Waals surface area contributed by atoms with Crippen molar-refractivity contribution < 1.29 is 13.2 Å². The first-order valence-corrected chi connectivity index (χ1v) is 11.4. The van der Waals surface area contributed by atoms with Gasteiger partial charge in [0, 0.05) is 34.4 Å². The first-order valence-electron chi connectivity index (χ1n) is 10.7. The lowest BCUT2D eigenvalue weighted by Crippen LogP contribution is -2.13. The van der Waals surface area contributed by atoms with E-state index in [4.69, 9.17) is 23.2 Å². The summed E-state index contributed by atoms with van der Waals surface area (Å²) in [6.07, 6.45) is 2.82. The third kappa shape index (κ3) is 4.87. The summed E-state index contributed by atoms with van der Waals surface area (Å²) in [6.45, 7) is 0. The Balaban J connectivity index is 1.63. The van der Waals surface area contributed by atoms with E-state index in [0.29, 0.717) is 39.4 Å². The third-order valence-corrected chi connectivity index (χ3v) is 6.10. The van der Waals surface area contributed by atoms with Crippen LogP contribution < -0.4 is 10.6 Å². The van der Waals surface area contributed by atoms with E-state index in [0.717, 1.165) is 5.56 Å². The second-order valence-electron chi connectivity index (χ2n) is 7.91. The summed E-state index contributed by atoms with van der Waals surface area (Å²) >= 11 is 12.6. The first kappa shape index (κ1) is 24.4. The molecule has 2 heterocycles. The Hall–Kier alpha value is -4.33. The normalized spacial score (nSPS) is 11.8. The Labute approximate surface area is 217 Å². The molecule has 0 saturated carbocycles. The molecule has 0 fully saturated rings. The average molecular weight is 540 g/mol. The number of H-pyrrole nitrogens is 1. The summed E-state index contributed by atoms with van der Waals surface area (Å²) in [5, 5.41) is 27.5. The lowest BCUT2D eigenvalue weighted by molar-refractivity contribution is 0.496.